The molecule has 0 N–H and O–H groups in total. The number of hydrogen-bond acceptors (Lipinski definition) is 7. The first kappa shape index (κ1) is 24.5. The molecule has 0 aliphatic carbocycles. The molecule has 0 radical (unpaired) electrons. The van der Waals surface area contributed by atoms with Crippen LogP contribution in [-0.4, -0.2) is 65.9 Å². The fourth-order valence-corrected chi connectivity index (χ4v) is 6.69. The molecule has 2 aliphatic rings. The highest BCUT2D eigenvalue weighted by molar-refractivity contribution is 8.00. The van der Waals surface area contributed by atoms with Gasteiger partial charge in [0.2, 0.25) is 10.0 Å². The lowest BCUT2D eigenvalue weighted by molar-refractivity contribution is -0.142. The lowest BCUT2D eigenvalue weighted by Gasteiger charge is -2.16. The summed E-state index contributed by atoms with van der Waals surface area (Å²) in [5, 5.41) is 0.255. The van der Waals surface area contributed by atoms with E-state index in [2.05, 4.69) is 11.5 Å². The number of imidazole rings is 1. The number of esters is 1. The molecule has 33 heavy (non-hydrogen) atoms. The van der Waals surface area contributed by atoms with E-state index < -0.39 is 15.3 Å². The molecule has 1 aromatic carbocycles. The van der Waals surface area contributed by atoms with Gasteiger partial charge in [0.15, 0.2) is 5.16 Å². The van der Waals surface area contributed by atoms with Gasteiger partial charge < -0.3 is 14.0 Å². The number of aromatic nitrogens is 2. The first-order valence-corrected chi connectivity index (χ1v) is 14.2. The largest absolute Gasteiger partial charge is 0.465 e. The summed E-state index contributed by atoms with van der Waals surface area (Å²) in [7, 11) is -3.53. The van der Waals surface area contributed by atoms with Gasteiger partial charge in [-0.05, 0) is 57.2 Å². The fourth-order valence-electron chi connectivity index (χ4n) is 4.22. The number of carbonyl (C=O) groups excluding carboxylic acids is 1. The van der Waals surface area contributed by atoms with Gasteiger partial charge in [0, 0.05) is 19.7 Å². The van der Waals surface area contributed by atoms with Gasteiger partial charge in [-0.3, -0.25) is 4.79 Å². The average molecular weight is 496 g/mol. The van der Waals surface area contributed by atoms with E-state index in [1.54, 1.807) is 16.4 Å². The maximum absolute atomic E-state index is 13.0. The number of rotatable bonds is 10. The van der Waals surface area contributed by atoms with Crippen LogP contribution in [0.3, 0.4) is 0 Å². The van der Waals surface area contributed by atoms with E-state index in [1.807, 2.05) is 13.0 Å². The Hall–Kier alpha value is -1.62. The number of hydrogen-bond donors (Lipinski definition) is 0. The Labute approximate surface area is 200 Å². The molecule has 0 unspecified atom stereocenters. The van der Waals surface area contributed by atoms with Crippen LogP contribution in [0, 0.1) is 0 Å². The Morgan fingerprint density at radius 2 is 2.09 bits per heavy atom. The number of nitrogens with zero attached hydrogens (tertiary/aromatic N) is 3. The zero-order valence-electron chi connectivity index (χ0n) is 19.4. The minimum Gasteiger partial charge on any atom is -0.465 e. The highest BCUT2D eigenvalue weighted by Crippen LogP contribution is 2.31. The molecule has 3 heterocycles. The van der Waals surface area contributed by atoms with Crippen LogP contribution in [0.15, 0.2) is 28.3 Å². The molecule has 0 saturated carbocycles. The van der Waals surface area contributed by atoms with Crippen molar-refractivity contribution in [3.05, 3.63) is 18.2 Å². The Balaban J connectivity index is 1.63. The first-order chi connectivity index (χ1) is 15.9. The van der Waals surface area contributed by atoms with Crippen molar-refractivity contribution in [2.75, 3.05) is 26.3 Å². The standard InChI is InChI=1S/C23H33N3O5S2/c1-3-4-13-31-22(27)17(2)32-23-24-20-15-19(33(28,29)25-11-5-6-12-25)9-10-21(20)26(23)16-18-8-7-14-30-18/h9-10,15,17-18H,3-8,11-14,16H2,1-2H3/t17-,18+/m1/s1. The minimum absolute atomic E-state index is 0.0848. The molecule has 8 nitrogen and oxygen atoms in total. The third-order valence-corrected chi connectivity index (χ3v) is 9.12. The quantitative estimate of drug-likeness (QED) is 0.281. The van der Waals surface area contributed by atoms with Crippen molar-refractivity contribution in [2.24, 2.45) is 0 Å². The Morgan fingerprint density at radius 1 is 1.30 bits per heavy atom. The van der Waals surface area contributed by atoms with Gasteiger partial charge in [-0.15, -0.1) is 0 Å². The lowest BCUT2D eigenvalue weighted by Crippen LogP contribution is -2.27. The Kier molecular flexibility index (Phi) is 7.99. The van der Waals surface area contributed by atoms with E-state index in [1.165, 1.54) is 11.8 Å². The van der Waals surface area contributed by atoms with E-state index in [9.17, 15) is 13.2 Å². The number of ether oxygens (including phenoxy) is 2. The van der Waals surface area contributed by atoms with E-state index in [4.69, 9.17) is 14.5 Å². The third-order valence-electron chi connectivity index (χ3n) is 6.15. The van der Waals surface area contributed by atoms with Crippen molar-refractivity contribution in [1.29, 1.82) is 0 Å². The fraction of sp³-hybridized carbons (Fsp3) is 0.652. The number of benzene rings is 1. The molecule has 10 heteroatoms. The summed E-state index contributed by atoms with van der Waals surface area (Å²) >= 11 is 1.35. The van der Waals surface area contributed by atoms with Crippen LogP contribution in [0.4, 0.5) is 0 Å². The van der Waals surface area contributed by atoms with E-state index in [0.29, 0.717) is 36.9 Å². The number of carbonyl (C=O) groups is 1. The molecule has 4 rings (SSSR count). The molecular formula is C23H33N3O5S2. The second kappa shape index (κ2) is 10.8. The molecule has 2 saturated heterocycles. The summed E-state index contributed by atoms with van der Waals surface area (Å²) in [6.45, 7) is 6.78. The lowest BCUT2D eigenvalue weighted by atomic mass is 10.2. The van der Waals surface area contributed by atoms with Crippen molar-refractivity contribution in [3.8, 4) is 0 Å². The zero-order chi connectivity index (χ0) is 23.4. The predicted molar refractivity (Wildman–Crippen MR) is 128 cm³/mol. The highest BCUT2D eigenvalue weighted by Gasteiger charge is 2.29. The summed E-state index contributed by atoms with van der Waals surface area (Å²) in [6.07, 6.45) is 5.68. The van der Waals surface area contributed by atoms with Gasteiger partial charge in [0.1, 0.15) is 5.25 Å². The second-order valence-corrected chi connectivity index (χ2v) is 11.9. The molecule has 182 valence electrons. The molecule has 2 atom stereocenters. The van der Waals surface area contributed by atoms with Gasteiger partial charge in [0.25, 0.3) is 0 Å². The Morgan fingerprint density at radius 3 is 2.79 bits per heavy atom. The predicted octanol–water partition coefficient (Wildman–Crippen LogP) is 3.82. The molecule has 0 bridgehead atoms. The number of unbranched alkanes of at least 4 members (excludes halogenated alkanes) is 1. The first-order valence-electron chi connectivity index (χ1n) is 11.9. The van der Waals surface area contributed by atoms with Crippen molar-refractivity contribution in [1.82, 2.24) is 13.9 Å². The molecule has 0 amide bonds. The molecule has 2 fully saturated rings. The van der Waals surface area contributed by atoms with Crippen molar-refractivity contribution in [3.63, 3.8) is 0 Å². The van der Waals surface area contributed by atoms with Gasteiger partial charge in [-0.2, -0.15) is 4.31 Å². The minimum atomic E-state index is -3.53. The van der Waals surface area contributed by atoms with Crippen molar-refractivity contribution in [2.45, 2.75) is 80.3 Å². The van der Waals surface area contributed by atoms with E-state index >= 15 is 0 Å². The van der Waals surface area contributed by atoms with Crippen LogP contribution in [-0.2, 0) is 30.8 Å². The number of sulfonamides is 1. The average Bonchev–Trinajstić information content (AvgIpc) is 3.56. The van der Waals surface area contributed by atoms with Gasteiger partial charge in [-0.1, -0.05) is 25.1 Å². The number of thioether (sulfide) groups is 1. The highest BCUT2D eigenvalue weighted by atomic mass is 32.2. The molecule has 2 aliphatic heterocycles. The maximum atomic E-state index is 13.0. The molecule has 2 aromatic rings. The summed E-state index contributed by atoms with van der Waals surface area (Å²) in [5.41, 5.74) is 1.46. The zero-order valence-corrected chi connectivity index (χ0v) is 21.0. The smallest absolute Gasteiger partial charge is 0.319 e. The van der Waals surface area contributed by atoms with Crippen LogP contribution >= 0.6 is 11.8 Å². The van der Waals surface area contributed by atoms with Gasteiger partial charge >= 0.3 is 5.97 Å². The monoisotopic (exact) mass is 495 g/mol. The maximum Gasteiger partial charge on any atom is 0.319 e. The van der Waals surface area contributed by atoms with Gasteiger partial charge in [-0.25, -0.2) is 13.4 Å². The van der Waals surface area contributed by atoms with Crippen LogP contribution < -0.4 is 0 Å². The topological polar surface area (TPSA) is 90.7 Å². The molecular weight excluding hydrogens is 462 g/mol. The molecule has 0 spiro atoms. The van der Waals surface area contributed by atoms with Crippen molar-refractivity contribution < 1.29 is 22.7 Å². The van der Waals surface area contributed by atoms with Crippen LogP contribution in [0.1, 0.15) is 52.4 Å². The Bertz CT molecular complexity index is 1070. The van der Waals surface area contributed by atoms with E-state index in [-0.39, 0.29) is 17.0 Å². The summed E-state index contributed by atoms with van der Waals surface area (Å²) in [5.74, 6) is -0.263. The van der Waals surface area contributed by atoms with Crippen molar-refractivity contribution >= 4 is 38.8 Å². The number of fused-ring (bicyclic) bond motifs is 1. The normalized spacial score (nSPS) is 20.5. The van der Waals surface area contributed by atoms with E-state index in [0.717, 1.165) is 50.6 Å². The summed E-state index contributed by atoms with van der Waals surface area (Å²) in [6, 6.07) is 5.15. The molecule has 1 aromatic heterocycles. The van der Waals surface area contributed by atoms with Crippen LogP contribution in [0.2, 0.25) is 0 Å². The second-order valence-electron chi connectivity index (χ2n) is 8.68. The summed E-state index contributed by atoms with van der Waals surface area (Å²) in [4.78, 5) is 17.5. The third kappa shape index (κ3) is 5.55. The van der Waals surface area contributed by atoms with Crippen LogP contribution in [0.25, 0.3) is 11.0 Å². The SMILES string of the molecule is CCCCOC(=O)[C@@H](C)Sc1nc2cc(S(=O)(=O)N3CCCC3)ccc2n1C[C@@H]1CCCO1. The van der Waals surface area contributed by atoms with Crippen LogP contribution in [0.5, 0.6) is 0 Å². The summed E-state index contributed by atoms with van der Waals surface area (Å²) < 4.78 is 40.9. The van der Waals surface area contributed by atoms with Gasteiger partial charge in [0.05, 0.1) is 35.2 Å².